The molecule has 0 saturated carbocycles. The van der Waals surface area contributed by atoms with Gasteiger partial charge < -0.3 is 9.47 Å². The van der Waals surface area contributed by atoms with Crippen molar-refractivity contribution in [2.24, 2.45) is 0 Å². The first-order valence-corrected chi connectivity index (χ1v) is 10.4. The van der Waals surface area contributed by atoms with Crippen LogP contribution < -0.4 is 0 Å². The van der Waals surface area contributed by atoms with Gasteiger partial charge in [0.15, 0.2) is 0 Å². The summed E-state index contributed by atoms with van der Waals surface area (Å²) in [4.78, 5) is 37.3. The fraction of sp³-hybridized carbons (Fsp3) is 0.286. The van der Waals surface area contributed by atoms with E-state index in [9.17, 15) is 14.4 Å². The van der Waals surface area contributed by atoms with E-state index >= 15 is 0 Å². The summed E-state index contributed by atoms with van der Waals surface area (Å²) in [7, 11) is 0. The average Bonchev–Trinajstić information content (AvgIpc) is 3.18. The summed E-state index contributed by atoms with van der Waals surface area (Å²) in [6.45, 7) is 0.0834. The minimum atomic E-state index is -0.965. The minimum Gasteiger partial charge on any atom is -0.448 e. The third-order valence-electron chi connectivity index (χ3n) is 5.10. The minimum absolute atomic E-state index is 0.0834. The first-order chi connectivity index (χ1) is 13.6. The molecule has 144 valence electrons. The molecule has 0 spiro atoms. The van der Waals surface area contributed by atoms with Gasteiger partial charge in [-0.05, 0) is 40.7 Å². The number of amides is 2. The lowest BCUT2D eigenvalue weighted by Crippen LogP contribution is -2.41. The highest BCUT2D eigenvalue weighted by Crippen LogP contribution is 2.44. The van der Waals surface area contributed by atoms with E-state index in [2.05, 4.69) is 4.74 Å². The van der Waals surface area contributed by atoms with Gasteiger partial charge in [-0.1, -0.05) is 48.5 Å². The number of carbonyl (C=O) groups is 3. The van der Waals surface area contributed by atoms with Gasteiger partial charge in [0.2, 0.25) is 0 Å². The maximum Gasteiger partial charge on any atom is 0.427 e. The second kappa shape index (κ2) is 7.67. The van der Waals surface area contributed by atoms with E-state index in [-0.39, 0.29) is 12.5 Å². The van der Waals surface area contributed by atoms with Crippen molar-refractivity contribution in [3.8, 4) is 11.1 Å². The van der Waals surface area contributed by atoms with Gasteiger partial charge >= 0.3 is 18.2 Å². The van der Waals surface area contributed by atoms with Crippen molar-refractivity contribution in [1.82, 2.24) is 4.90 Å². The monoisotopic (exact) mass is 397 g/mol. The smallest absolute Gasteiger partial charge is 0.427 e. The predicted molar refractivity (Wildman–Crippen MR) is 105 cm³/mol. The van der Waals surface area contributed by atoms with Crippen molar-refractivity contribution < 1.29 is 23.9 Å². The second-order valence-electron chi connectivity index (χ2n) is 6.66. The molecule has 1 heterocycles. The van der Waals surface area contributed by atoms with Crippen molar-refractivity contribution in [2.45, 2.75) is 18.4 Å². The zero-order chi connectivity index (χ0) is 19.7. The number of fused-ring (bicyclic) bond motifs is 3. The Hall–Kier alpha value is -2.80. The molecule has 2 aliphatic rings. The highest BCUT2D eigenvalue weighted by molar-refractivity contribution is 7.98. The molecule has 4 rings (SSSR count). The van der Waals surface area contributed by atoms with Gasteiger partial charge in [-0.25, -0.2) is 14.4 Å². The van der Waals surface area contributed by atoms with Gasteiger partial charge in [0.25, 0.3) is 0 Å². The lowest BCUT2D eigenvalue weighted by molar-refractivity contribution is -0.135. The maximum absolute atomic E-state index is 12.6. The number of esters is 1. The van der Waals surface area contributed by atoms with E-state index < -0.39 is 24.2 Å². The van der Waals surface area contributed by atoms with Gasteiger partial charge in [-0.3, -0.25) is 0 Å². The molecule has 6 nitrogen and oxygen atoms in total. The zero-order valence-corrected chi connectivity index (χ0v) is 16.1. The Morgan fingerprint density at radius 1 is 1.07 bits per heavy atom. The number of benzene rings is 2. The van der Waals surface area contributed by atoms with Gasteiger partial charge in [0.1, 0.15) is 12.6 Å². The van der Waals surface area contributed by atoms with Crippen LogP contribution in [0, 0.1) is 0 Å². The number of cyclic esters (lactones) is 2. The van der Waals surface area contributed by atoms with Crippen LogP contribution in [-0.4, -0.2) is 47.7 Å². The lowest BCUT2D eigenvalue weighted by Gasteiger charge is -2.19. The summed E-state index contributed by atoms with van der Waals surface area (Å²) < 4.78 is 10.1. The molecular weight excluding hydrogens is 378 g/mol. The van der Waals surface area contributed by atoms with Crippen LogP contribution in [0.25, 0.3) is 11.1 Å². The average molecular weight is 397 g/mol. The Morgan fingerprint density at radius 2 is 1.68 bits per heavy atom. The molecule has 7 heteroatoms. The van der Waals surface area contributed by atoms with Crippen LogP contribution in [0.2, 0.25) is 0 Å². The highest BCUT2D eigenvalue weighted by Gasteiger charge is 2.46. The largest absolute Gasteiger partial charge is 0.448 e. The molecule has 1 atom stereocenters. The molecule has 1 aliphatic carbocycles. The molecule has 0 radical (unpaired) electrons. The number of nitrogens with zero attached hydrogens (tertiary/aromatic N) is 1. The Bertz CT molecular complexity index is 898. The third-order valence-corrected chi connectivity index (χ3v) is 5.74. The molecule has 0 unspecified atom stereocenters. The normalized spacial score (nSPS) is 18.0. The summed E-state index contributed by atoms with van der Waals surface area (Å²) >= 11 is 1.53. The van der Waals surface area contributed by atoms with Crippen LogP contribution in [0.15, 0.2) is 48.5 Å². The molecule has 0 aromatic heterocycles. The molecule has 1 fully saturated rings. The topological polar surface area (TPSA) is 72.9 Å². The van der Waals surface area contributed by atoms with Crippen molar-refractivity contribution in [2.75, 3.05) is 18.6 Å². The van der Waals surface area contributed by atoms with Crippen LogP contribution in [0.4, 0.5) is 9.59 Å². The quantitative estimate of drug-likeness (QED) is 0.560. The third kappa shape index (κ3) is 3.16. The SMILES string of the molecule is CSCC[C@H]1C(=O)OC(=O)N1C(=O)OCC1c2ccccc2-c2ccccc21. The number of hydrogen-bond donors (Lipinski definition) is 0. The number of thioether (sulfide) groups is 1. The summed E-state index contributed by atoms with van der Waals surface area (Å²) in [5, 5.41) is 0. The highest BCUT2D eigenvalue weighted by atomic mass is 32.2. The Morgan fingerprint density at radius 3 is 2.29 bits per heavy atom. The van der Waals surface area contributed by atoms with Crippen molar-refractivity contribution >= 4 is 29.9 Å². The first-order valence-electron chi connectivity index (χ1n) is 9.00. The molecule has 0 bridgehead atoms. The summed E-state index contributed by atoms with van der Waals surface area (Å²) in [6, 6.07) is 15.1. The maximum atomic E-state index is 12.6. The van der Waals surface area contributed by atoms with E-state index in [1.165, 1.54) is 11.8 Å². The van der Waals surface area contributed by atoms with Crippen LogP contribution in [0.1, 0.15) is 23.5 Å². The van der Waals surface area contributed by atoms with Crippen LogP contribution in [-0.2, 0) is 14.3 Å². The number of ether oxygens (including phenoxy) is 2. The van der Waals surface area contributed by atoms with Crippen molar-refractivity contribution in [3.05, 3.63) is 59.7 Å². The number of rotatable bonds is 5. The van der Waals surface area contributed by atoms with E-state index in [1.807, 2.05) is 54.8 Å². The Kier molecular flexibility index (Phi) is 5.09. The number of hydrogen-bond acceptors (Lipinski definition) is 6. The second-order valence-corrected chi connectivity index (χ2v) is 7.64. The summed E-state index contributed by atoms with van der Waals surface area (Å²) in [5.41, 5.74) is 4.39. The predicted octanol–water partition coefficient (Wildman–Crippen LogP) is 4.04. The van der Waals surface area contributed by atoms with E-state index in [0.29, 0.717) is 12.2 Å². The molecule has 1 saturated heterocycles. The molecule has 28 heavy (non-hydrogen) atoms. The fourth-order valence-corrected chi connectivity index (χ4v) is 4.24. The number of carbonyl (C=O) groups excluding carboxylic acids is 3. The summed E-state index contributed by atoms with van der Waals surface area (Å²) in [6.07, 6.45) is 0.424. The van der Waals surface area contributed by atoms with Crippen LogP contribution in [0.3, 0.4) is 0 Å². The molecule has 2 amide bonds. The fourth-order valence-electron chi connectivity index (χ4n) is 3.78. The molecule has 1 aliphatic heterocycles. The summed E-state index contributed by atoms with van der Waals surface area (Å²) in [5.74, 6) is -0.192. The van der Waals surface area contributed by atoms with E-state index in [1.54, 1.807) is 0 Å². The van der Waals surface area contributed by atoms with E-state index in [4.69, 9.17) is 4.74 Å². The standard InChI is InChI=1S/C21H19NO5S/c1-28-11-10-18-19(23)27-21(25)22(18)20(24)26-12-17-15-8-4-2-6-13(15)14-7-3-5-9-16(14)17/h2-9,17-18H,10-12H2,1H3/t18-/m0/s1. The van der Waals surface area contributed by atoms with Gasteiger partial charge in [-0.15, -0.1) is 0 Å². The van der Waals surface area contributed by atoms with Crippen LogP contribution in [0.5, 0.6) is 0 Å². The first kappa shape index (κ1) is 18.6. The van der Waals surface area contributed by atoms with Gasteiger partial charge in [-0.2, -0.15) is 16.7 Å². The van der Waals surface area contributed by atoms with Crippen LogP contribution >= 0.6 is 11.8 Å². The van der Waals surface area contributed by atoms with Crippen molar-refractivity contribution in [3.63, 3.8) is 0 Å². The molecule has 0 N–H and O–H groups in total. The zero-order valence-electron chi connectivity index (χ0n) is 15.3. The molecule has 2 aromatic rings. The van der Waals surface area contributed by atoms with E-state index in [0.717, 1.165) is 27.2 Å². The Labute approximate surface area is 166 Å². The van der Waals surface area contributed by atoms with Crippen molar-refractivity contribution in [1.29, 1.82) is 0 Å². The molecule has 2 aromatic carbocycles. The Balaban J connectivity index is 1.52. The number of imide groups is 1. The lowest BCUT2D eigenvalue weighted by atomic mass is 9.98. The van der Waals surface area contributed by atoms with Gasteiger partial charge in [0.05, 0.1) is 0 Å². The van der Waals surface area contributed by atoms with Gasteiger partial charge in [0, 0.05) is 5.92 Å². The molecular formula is C21H19NO5S.